The fourth-order valence-electron chi connectivity index (χ4n) is 1.25. The van der Waals surface area contributed by atoms with Crippen molar-refractivity contribution in [2.24, 2.45) is 0 Å². The molecule has 0 aromatic heterocycles. The Balaban J connectivity index is 1.44. The zero-order valence-corrected chi connectivity index (χ0v) is 17.2. The van der Waals surface area contributed by atoms with Crippen LogP contribution in [0.2, 0.25) is 0 Å². The van der Waals surface area contributed by atoms with Gasteiger partial charge in [0.05, 0.1) is 0 Å². The van der Waals surface area contributed by atoms with E-state index >= 15 is 0 Å². The molecule has 0 aromatic rings. The molecule has 0 radical (unpaired) electrons. The monoisotopic (exact) mass is 524 g/mol. The molecular weight excluding hydrogens is 509 g/mol. The molecule has 3 rings (SSSR count). The van der Waals surface area contributed by atoms with Gasteiger partial charge in [0.2, 0.25) is 0 Å². The van der Waals surface area contributed by atoms with Gasteiger partial charge in [-0.1, -0.05) is 0 Å². The average Bonchev–Trinajstić information content (AvgIpc) is 2.08. The molecular formula is C9H15BiS6. The van der Waals surface area contributed by atoms with Gasteiger partial charge in [0, 0.05) is 0 Å². The van der Waals surface area contributed by atoms with Crippen LogP contribution in [0.5, 0.6) is 0 Å². The van der Waals surface area contributed by atoms with Gasteiger partial charge in [-0.15, -0.1) is 0 Å². The van der Waals surface area contributed by atoms with E-state index in [1.807, 2.05) is 0 Å². The van der Waals surface area contributed by atoms with Crippen molar-refractivity contribution in [2.45, 2.75) is 33.0 Å². The third-order valence-corrected chi connectivity index (χ3v) is 43.6. The quantitative estimate of drug-likeness (QED) is 0.464. The van der Waals surface area contributed by atoms with Crippen LogP contribution >= 0.6 is 60.8 Å². The number of hydrogen-bond donors (Lipinski definition) is 0. The molecule has 0 N–H and O–H groups in total. The first-order valence-corrected chi connectivity index (χ1v) is 24.0. The van der Waals surface area contributed by atoms with E-state index in [0.717, 1.165) is 13.7 Å². The van der Waals surface area contributed by atoms with Gasteiger partial charge in [-0.05, 0) is 0 Å². The molecule has 0 aromatic carbocycles. The summed E-state index contributed by atoms with van der Waals surface area (Å²) in [6, 6.07) is 0. The zero-order chi connectivity index (χ0) is 10.8. The van der Waals surface area contributed by atoms with Crippen LogP contribution in [0.4, 0.5) is 0 Å². The molecule has 3 heterocycles. The van der Waals surface area contributed by atoms with Crippen molar-refractivity contribution < 1.29 is 0 Å². The molecule has 7 heteroatoms. The van der Waals surface area contributed by atoms with Crippen molar-refractivity contribution in [1.82, 2.24) is 0 Å². The Morgan fingerprint density at radius 3 is 1.19 bits per heavy atom. The Bertz CT molecular complexity index is 190. The molecule has 0 nitrogen and oxygen atoms in total. The van der Waals surface area contributed by atoms with E-state index in [9.17, 15) is 0 Å². The summed E-state index contributed by atoms with van der Waals surface area (Å²) in [5.74, 6) is 4.29. The number of rotatable bonds is 6. The Kier molecular flexibility index (Phi) is 6.21. The molecule has 0 spiro atoms. The second-order valence-electron chi connectivity index (χ2n) is 3.81. The number of thioether (sulfide) groups is 3. The summed E-state index contributed by atoms with van der Waals surface area (Å²) >= 11 is 5.35. The summed E-state index contributed by atoms with van der Waals surface area (Å²) in [5.41, 5.74) is 0. The van der Waals surface area contributed by atoms with Crippen molar-refractivity contribution in [3.05, 3.63) is 0 Å². The van der Waals surface area contributed by atoms with Crippen molar-refractivity contribution in [3.63, 3.8) is 0 Å². The van der Waals surface area contributed by atoms with E-state index in [2.05, 4.69) is 60.8 Å². The zero-order valence-electron chi connectivity index (χ0n) is 8.87. The SMILES string of the molecule is C1CC([S][Bi]([S]C2CCS2)[S]C2CCS2)S1. The first-order valence-electron chi connectivity index (χ1n) is 5.55. The molecule has 92 valence electrons. The van der Waals surface area contributed by atoms with Crippen LogP contribution in [0.3, 0.4) is 0 Å². The van der Waals surface area contributed by atoms with E-state index in [1.165, 1.54) is 36.5 Å². The maximum atomic E-state index is 2.45. The molecule has 3 aliphatic rings. The molecule has 3 unspecified atom stereocenters. The third-order valence-electron chi connectivity index (χ3n) is 2.58. The molecule has 3 aliphatic heterocycles. The van der Waals surface area contributed by atoms with Gasteiger partial charge < -0.3 is 0 Å². The Morgan fingerprint density at radius 2 is 1.00 bits per heavy atom. The summed E-state index contributed by atoms with van der Waals surface area (Å²) in [4.78, 5) is 0. The minimum atomic E-state index is -1.29. The van der Waals surface area contributed by atoms with Crippen LogP contribution in [0.25, 0.3) is 0 Å². The van der Waals surface area contributed by atoms with Gasteiger partial charge in [0.1, 0.15) is 0 Å². The predicted molar refractivity (Wildman–Crippen MR) is 91.1 cm³/mol. The summed E-state index contributed by atoms with van der Waals surface area (Å²) in [6.45, 7) is 0. The fraction of sp³-hybridized carbons (Fsp3) is 1.00. The fourth-order valence-corrected chi connectivity index (χ4v) is 60.3. The first kappa shape index (κ1) is 13.9. The van der Waals surface area contributed by atoms with Crippen molar-refractivity contribution in [3.8, 4) is 0 Å². The molecule has 0 amide bonds. The Morgan fingerprint density at radius 1 is 0.688 bits per heavy atom. The van der Waals surface area contributed by atoms with E-state index in [4.69, 9.17) is 0 Å². The molecule has 3 fully saturated rings. The van der Waals surface area contributed by atoms with Crippen LogP contribution in [0.15, 0.2) is 0 Å². The van der Waals surface area contributed by atoms with Crippen LogP contribution < -0.4 is 0 Å². The summed E-state index contributed by atoms with van der Waals surface area (Å²) in [5, 5.41) is 0. The maximum absolute atomic E-state index is 2.45. The molecule has 0 aliphatic carbocycles. The second-order valence-corrected chi connectivity index (χ2v) is 35.8. The molecule has 3 atom stereocenters. The molecule has 16 heavy (non-hydrogen) atoms. The third kappa shape index (κ3) is 3.99. The van der Waals surface area contributed by atoms with Crippen LogP contribution in [-0.4, -0.2) is 48.4 Å². The average molecular weight is 525 g/mol. The summed E-state index contributed by atoms with van der Waals surface area (Å²) in [6.07, 6.45) is 4.49. The van der Waals surface area contributed by atoms with Gasteiger partial charge in [-0.2, -0.15) is 0 Å². The van der Waals surface area contributed by atoms with Crippen LogP contribution in [0.1, 0.15) is 19.3 Å². The second kappa shape index (κ2) is 7.12. The molecule has 0 bridgehead atoms. The molecule has 0 saturated carbocycles. The van der Waals surface area contributed by atoms with Gasteiger partial charge in [-0.3, -0.25) is 0 Å². The van der Waals surface area contributed by atoms with Crippen LogP contribution in [-0.2, 0) is 0 Å². The van der Waals surface area contributed by atoms with E-state index < -0.39 is 17.4 Å². The molecule has 3 saturated heterocycles. The van der Waals surface area contributed by atoms with Gasteiger partial charge in [0.15, 0.2) is 0 Å². The van der Waals surface area contributed by atoms with Gasteiger partial charge in [-0.25, -0.2) is 0 Å². The predicted octanol–water partition coefficient (Wildman–Crippen LogP) is 4.56. The first-order chi connectivity index (χ1) is 7.90. The summed E-state index contributed by atoms with van der Waals surface area (Å²) < 4.78 is 3.02. The minimum absolute atomic E-state index is 1.01. The Hall–Kier alpha value is 2.98. The van der Waals surface area contributed by atoms with Gasteiger partial charge in [0.25, 0.3) is 0 Å². The van der Waals surface area contributed by atoms with Crippen molar-refractivity contribution in [2.75, 3.05) is 17.3 Å². The standard InChI is InChI=1S/3C3H6S2.Bi/c3*4-3-1-2-5-3;/h3*3-4H,1-2H2;/q;;;+3/p-3. The normalized spacial score (nSPS) is 37.7. The van der Waals surface area contributed by atoms with Crippen molar-refractivity contribution in [1.29, 1.82) is 0 Å². The Labute approximate surface area is 127 Å². The van der Waals surface area contributed by atoms with E-state index in [0.29, 0.717) is 0 Å². The summed E-state index contributed by atoms with van der Waals surface area (Å²) in [7, 11) is 7.36. The van der Waals surface area contributed by atoms with Crippen molar-refractivity contribution >= 4 is 78.2 Å². The van der Waals surface area contributed by atoms with Crippen LogP contribution in [0, 0.1) is 0 Å². The van der Waals surface area contributed by atoms with E-state index in [1.54, 1.807) is 0 Å². The number of hydrogen-bond acceptors (Lipinski definition) is 6. The topological polar surface area (TPSA) is 0 Å². The van der Waals surface area contributed by atoms with E-state index in [-0.39, 0.29) is 0 Å². The van der Waals surface area contributed by atoms with Gasteiger partial charge >= 0.3 is 128 Å².